The number of amides is 2. The Morgan fingerprint density at radius 2 is 1.48 bits per heavy atom. The largest absolute Gasteiger partial charge is 0.441 e. The lowest BCUT2D eigenvalue weighted by molar-refractivity contribution is -0.132. The van der Waals surface area contributed by atoms with E-state index in [1.807, 2.05) is 65.6 Å². The minimum Gasteiger partial charge on any atom is -0.441 e. The number of nitrogens with zero attached hydrogens (tertiary/aromatic N) is 3. The molecule has 6 heteroatoms. The Morgan fingerprint density at radius 3 is 2.17 bits per heavy atom. The summed E-state index contributed by atoms with van der Waals surface area (Å²) in [6, 6.07) is 19.0. The topological polar surface area (TPSA) is 66.7 Å². The lowest BCUT2D eigenvalue weighted by Crippen LogP contribution is -2.50. The Labute approximate surface area is 169 Å². The van der Waals surface area contributed by atoms with Gasteiger partial charge in [0.1, 0.15) is 0 Å². The van der Waals surface area contributed by atoms with Crippen molar-refractivity contribution < 1.29 is 14.0 Å². The molecule has 1 saturated heterocycles. The van der Waals surface area contributed by atoms with Crippen molar-refractivity contribution >= 4 is 11.8 Å². The SMILES string of the molecule is O=C(CCc1ncc(-c2ccccc2)o1)N1CCN(C(=O)c2ccccc2)CC1. The molecule has 3 aromatic rings. The van der Waals surface area contributed by atoms with Gasteiger partial charge in [-0.1, -0.05) is 48.5 Å². The second kappa shape index (κ2) is 8.73. The average Bonchev–Trinajstić information content (AvgIpc) is 3.27. The van der Waals surface area contributed by atoms with E-state index in [1.165, 1.54) is 0 Å². The van der Waals surface area contributed by atoms with Crippen LogP contribution in [0.5, 0.6) is 0 Å². The Bertz CT molecular complexity index is 961. The highest BCUT2D eigenvalue weighted by molar-refractivity contribution is 5.94. The lowest BCUT2D eigenvalue weighted by Gasteiger charge is -2.34. The number of carbonyl (C=O) groups excluding carboxylic acids is 2. The maximum Gasteiger partial charge on any atom is 0.253 e. The number of rotatable bonds is 5. The first-order valence-corrected chi connectivity index (χ1v) is 9.83. The molecule has 1 aliphatic rings. The highest BCUT2D eigenvalue weighted by Crippen LogP contribution is 2.20. The summed E-state index contributed by atoms with van der Waals surface area (Å²) in [6.45, 7) is 2.21. The molecule has 1 aromatic heterocycles. The van der Waals surface area contributed by atoms with Crippen LogP contribution in [0.25, 0.3) is 11.3 Å². The molecule has 0 radical (unpaired) electrons. The molecular formula is C23H23N3O3. The molecular weight excluding hydrogens is 366 g/mol. The summed E-state index contributed by atoms with van der Waals surface area (Å²) in [5.74, 6) is 1.36. The van der Waals surface area contributed by atoms with E-state index < -0.39 is 0 Å². The molecule has 0 bridgehead atoms. The summed E-state index contributed by atoms with van der Waals surface area (Å²) in [5, 5.41) is 0. The molecule has 6 nitrogen and oxygen atoms in total. The molecule has 0 atom stereocenters. The van der Waals surface area contributed by atoms with E-state index in [0.29, 0.717) is 56.2 Å². The third-order valence-corrected chi connectivity index (χ3v) is 5.10. The Kier molecular flexibility index (Phi) is 5.70. The van der Waals surface area contributed by atoms with Crippen LogP contribution in [-0.2, 0) is 11.2 Å². The van der Waals surface area contributed by atoms with Gasteiger partial charge < -0.3 is 14.2 Å². The minimum absolute atomic E-state index is 0.0194. The Hall–Kier alpha value is -3.41. The van der Waals surface area contributed by atoms with Crippen LogP contribution >= 0.6 is 0 Å². The van der Waals surface area contributed by atoms with Crippen LogP contribution < -0.4 is 0 Å². The van der Waals surface area contributed by atoms with Crippen molar-refractivity contribution in [1.82, 2.24) is 14.8 Å². The molecule has 1 fully saturated rings. The van der Waals surface area contributed by atoms with Crippen molar-refractivity contribution in [3.05, 3.63) is 78.3 Å². The number of piperazine rings is 1. The van der Waals surface area contributed by atoms with Crippen molar-refractivity contribution in [3.8, 4) is 11.3 Å². The number of oxazole rings is 1. The van der Waals surface area contributed by atoms with Gasteiger partial charge in [0.05, 0.1) is 6.20 Å². The summed E-state index contributed by atoms with van der Waals surface area (Å²) in [6.07, 6.45) is 2.51. The number of aromatic nitrogens is 1. The summed E-state index contributed by atoms with van der Waals surface area (Å²) in [7, 11) is 0. The second-order valence-corrected chi connectivity index (χ2v) is 7.02. The third kappa shape index (κ3) is 4.54. The van der Waals surface area contributed by atoms with E-state index in [-0.39, 0.29) is 11.8 Å². The number of carbonyl (C=O) groups is 2. The van der Waals surface area contributed by atoms with Crippen LogP contribution in [0, 0.1) is 0 Å². The lowest BCUT2D eigenvalue weighted by atomic mass is 10.1. The number of benzene rings is 2. The summed E-state index contributed by atoms with van der Waals surface area (Å²) in [4.78, 5) is 33.0. The molecule has 2 amide bonds. The molecule has 0 N–H and O–H groups in total. The van der Waals surface area contributed by atoms with E-state index in [1.54, 1.807) is 11.1 Å². The predicted molar refractivity (Wildman–Crippen MR) is 109 cm³/mol. The summed E-state index contributed by atoms with van der Waals surface area (Å²) < 4.78 is 5.77. The van der Waals surface area contributed by atoms with E-state index in [2.05, 4.69) is 4.98 Å². The minimum atomic E-state index is 0.0194. The zero-order valence-electron chi connectivity index (χ0n) is 16.2. The molecule has 0 unspecified atom stereocenters. The van der Waals surface area contributed by atoms with Gasteiger partial charge in [-0.15, -0.1) is 0 Å². The predicted octanol–water partition coefficient (Wildman–Crippen LogP) is 3.26. The maximum absolute atomic E-state index is 12.5. The van der Waals surface area contributed by atoms with Gasteiger partial charge in [-0.25, -0.2) is 4.98 Å². The fraction of sp³-hybridized carbons (Fsp3) is 0.261. The normalized spacial score (nSPS) is 14.1. The number of aryl methyl sites for hydroxylation is 1. The first-order chi connectivity index (χ1) is 14.2. The van der Waals surface area contributed by atoms with E-state index >= 15 is 0 Å². The van der Waals surface area contributed by atoms with Gasteiger partial charge in [0.15, 0.2) is 11.7 Å². The molecule has 1 aliphatic heterocycles. The first-order valence-electron chi connectivity index (χ1n) is 9.83. The van der Waals surface area contributed by atoms with Crippen LogP contribution in [0.2, 0.25) is 0 Å². The quantitative estimate of drug-likeness (QED) is 0.672. The standard InChI is InChI=1S/C23H23N3O3/c27-22(12-11-21-24-17-20(29-21)18-7-3-1-4-8-18)25-13-15-26(16-14-25)23(28)19-9-5-2-6-10-19/h1-10,17H,11-16H2. The second-order valence-electron chi connectivity index (χ2n) is 7.02. The third-order valence-electron chi connectivity index (χ3n) is 5.10. The zero-order valence-corrected chi connectivity index (χ0v) is 16.2. The van der Waals surface area contributed by atoms with Gasteiger partial charge in [0.2, 0.25) is 5.91 Å². The van der Waals surface area contributed by atoms with E-state index in [4.69, 9.17) is 4.42 Å². The van der Waals surface area contributed by atoms with Crippen LogP contribution in [0.3, 0.4) is 0 Å². The van der Waals surface area contributed by atoms with Gasteiger partial charge >= 0.3 is 0 Å². The molecule has 4 rings (SSSR count). The highest BCUT2D eigenvalue weighted by atomic mass is 16.4. The molecule has 148 valence electrons. The highest BCUT2D eigenvalue weighted by Gasteiger charge is 2.24. The molecule has 0 aliphatic carbocycles. The molecule has 2 aromatic carbocycles. The fourth-order valence-electron chi connectivity index (χ4n) is 3.46. The molecule has 0 spiro atoms. The molecule has 2 heterocycles. The number of hydrogen-bond acceptors (Lipinski definition) is 4. The van der Waals surface area contributed by atoms with Gasteiger partial charge in [-0.2, -0.15) is 0 Å². The van der Waals surface area contributed by atoms with Gasteiger partial charge in [0.25, 0.3) is 5.91 Å². The van der Waals surface area contributed by atoms with Crippen molar-refractivity contribution in [2.75, 3.05) is 26.2 Å². The van der Waals surface area contributed by atoms with Gasteiger partial charge in [0, 0.05) is 50.1 Å². The zero-order chi connectivity index (χ0) is 20.1. The maximum atomic E-state index is 12.5. The molecule has 29 heavy (non-hydrogen) atoms. The van der Waals surface area contributed by atoms with Crippen LogP contribution in [0.15, 0.2) is 71.3 Å². The summed E-state index contributed by atoms with van der Waals surface area (Å²) >= 11 is 0. The number of hydrogen-bond donors (Lipinski definition) is 0. The monoisotopic (exact) mass is 389 g/mol. The Morgan fingerprint density at radius 1 is 0.862 bits per heavy atom. The van der Waals surface area contributed by atoms with E-state index in [9.17, 15) is 9.59 Å². The van der Waals surface area contributed by atoms with Gasteiger partial charge in [-0.3, -0.25) is 9.59 Å². The van der Waals surface area contributed by atoms with Crippen LogP contribution in [-0.4, -0.2) is 52.8 Å². The fourth-order valence-corrected chi connectivity index (χ4v) is 3.46. The van der Waals surface area contributed by atoms with Crippen molar-refractivity contribution in [2.45, 2.75) is 12.8 Å². The van der Waals surface area contributed by atoms with Crippen molar-refractivity contribution in [1.29, 1.82) is 0 Å². The smallest absolute Gasteiger partial charge is 0.253 e. The summed E-state index contributed by atoms with van der Waals surface area (Å²) in [5.41, 5.74) is 1.65. The Balaban J connectivity index is 1.26. The van der Waals surface area contributed by atoms with E-state index in [0.717, 1.165) is 5.56 Å². The van der Waals surface area contributed by atoms with Crippen molar-refractivity contribution in [2.24, 2.45) is 0 Å². The van der Waals surface area contributed by atoms with Gasteiger partial charge in [-0.05, 0) is 12.1 Å². The average molecular weight is 389 g/mol. The van der Waals surface area contributed by atoms with Crippen LogP contribution in [0.4, 0.5) is 0 Å². The van der Waals surface area contributed by atoms with Crippen molar-refractivity contribution in [3.63, 3.8) is 0 Å². The first kappa shape index (κ1) is 18.9. The van der Waals surface area contributed by atoms with Crippen LogP contribution in [0.1, 0.15) is 22.7 Å². The molecule has 0 saturated carbocycles.